The predicted molar refractivity (Wildman–Crippen MR) is 54.6 cm³/mol. The molecule has 0 unspecified atom stereocenters. The van der Waals surface area contributed by atoms with E-state index in [4.69, 9.17) is 0 Å². The molecule has 0 saturated carbocycles. The van der Waals surface area contributed by atoms with Crippen molar-refractivity contribution in [2.45, 2.75) is 11.4 Å². The highest BCUT2D eigenvalue weighted by Crippen LogP contribution is 2.05. The van der Waals surface area contributed by atoms with Crippen molar-refractivity contribution in [2.75, 3.05) is 0 Å². The van der Waals surface area contributed by atoms with Gasteiger partial charge in [-0.3, -0.25) is 10.1 Å². The highest BCUT2D eigenvalue weighted by Gasteiger charge is 2.13. The minimum Gasteiger partial charge on any atom is -0.263 e. The second kappa shape index (κ2) is 4.37. The Morgan fingerprint density at radius 3 is 2.94 bits per heavy atom. The van der Waals surface area contributed by atoms with Crippen LogP contribution in [0.2, 0.25) is 0 Å². The van der Waals surface area contributed by atoms with Crippen LogP contribution in [0.25, 0.3) is 0 Å². The summed E-state index contributed by atoms with van der Waals surface area (Å²) in [6.45, 7) is 0.0667. The van der Waals surface area contributed by atoms with E-state index in [-0.39, 0.29) is 11.4 Å². The molecule has 0 atom stereocenters. The molecule has 0 spiro atoms. The first kappa shape index (κ1) is 10.7. The van der Waals surface area contributed by atoms with Gasteiger partial charge in [0.25, 0.3) is 0 Å². The molecule has 0 amide bonds. The predicted octanol–water partition coefficient (Wildman–Crippen LogP) is -0.322. The molecule has 0 radical (unpaired) electrons. The molecule has 16 heavy (non-hydrogen) atoms. The number of sulfonamides is 1. The minimum atomic E-state index is -3.54. The monoisotopic (exact) mass is 239 g/mol. The first-order valence-electron chi connectivity index (χ1n) is 4.42. The number of aromatic nitrogens is 4. The molecular weight excluding hydrogens is 230 g/mol. The van der Waals surface area contributed by atoms with Crippen LogP contribution in [-0.2, 0) is 16.6 Å². The average Bonchev–Trinajstić information content (AvgIpc) is 2.81. The van der Waals surface area contributed by atoms with Gasteiger partial charge in [0, 0.05) is 12.4 Å². The fourth-order valence-corrected chi connectivity index (χ4v) is 2.02. The van der Waals surface area contributed by atoms with Gasteiger partial charge in [0.2, 0.25) is 10.0 Å². The fraction of sp³-hybridized carbons (Fsp3) is 0.125. The van der Waals surface area contributed by atoms with E-state index in [1.807, 2.05) is 0 Å². The minimum absolute atomic E-state index is 0.0667. The second-order valence-corrected chi connectivity index (χ2v) is 4.71. The van der Waals surface area contributed by atoms with Crippen molar-refractivity contribution >= 4 is 10.0 Å². The molecule has 0 fully saturated rings. The summed E-state index contributed by atoms with van der Waals surface area (Å²) in [6.07, 6.45) is 4.10. The normalized spacial score (nSPS) is 11.5. The van der Waals surface area contributed by atoms with Gasteiger partial charge in [0.05, 0.1) is 6.54 Å². The van der Waals surface area contributed by atoms with Crippen LogP contribution >= 0.6 is 0 Å². The molecule has 2 rings (SSSR count). The first-order valence-corrected chi connectivity index (χ1v) is 5.91. The van der Waals surface area contributed by atoms with E-state index in [0.29, 0.717) is 5.82 Å². The molecule has 0 aromatic carbocycles. The van der Waals surface area contributed by atoms with E-state index >= 15 is 0 Å². The maximum absolute atomic E-state index is 11.7. The highest BCUT2D eigenvalue weighted by molar-refractivity contribution is 7.89. The van der Waals surface area contributed by atoms with E-state index < -0.39 is 10.0 Å². The Morgan fingerprint density at radius 1 is 1.44 bits per heavy atom. The molecule has 2 aromatic heterocycles. The zero-order valence-corrected chi connectivity index (χ0v) is 8.98. The van der Waals surface area contributed by atoms with Gasteiger partial charge in [-0.25, -0.2) is 18.1 Å². The number of hydrogen-bond acceptors (Lipinski definition) is 5. The molecule has 84 valence electrons. The van der Waals surface area contributed by atoms with Crippen LogP contribution in [0.15, 0.2) is 35.7 Å². The van der Waals surface area contributed by atoms with Crippen LogP contribution in [0.3, 0.4) is 0 Å². The Balaban J connectivity index is 2.10. The third kappa shape index (κ3) is 2.41. The Bertz CT molecular complexity index is 537. The van der Waals surface area contributed by atoms with Crippen LogP contribution in [0.4, 0.5) is 0 Å². The number of pyridine rings is 1. The lowest BCUT2D eigenvalue weighted by Crippen LogP contribution is -2.23. The largest absolute Gasteiger partial charge is 0.263 e. The summed E-state index contributed by atoms with van der Waals surface area (Å²) < 4.78 is 25.8. The summed E-state index contributed by atoms with van der Waals surface area (Å²) in [5.41, 5.74) is 0. The molecule has 2 heterocycles. The fourth-order valence-electron chi connectivity index (χ4n) is 1.07. The topological polar surface area (TPSA) is 101 Å². The number of rotatable bonds is 4. The van der Waals surface area contributed by atoms with Gasteiger partial charge in [0.15, 0.2) is 0 Å². The maximum atomic E-state index is 11.7. The summed E-state index contributed by atoms with van der Waals surface area (Å²) >= 11 is 0. The Labute approximate surface area is 92.0 Å². The Kier molecular flexibility index (Phi) is 2.93. The van der Waals surface area contributed by atoms with Gasteiger partial charge >= 0.3 is 0 Å². The zero-order chi connectivity index (χ0) is 11.4. The highest BCUT2D eigenvalue weighted by atomic mass is 32.2. The van der Waals surface area contributed by atoms with Crippen LogP contribution in [0, 0.1) is 0 Å². The van der Waals surface area contributed by atoms with E-state index in [2.05, 4.69) is 24.9 Å². The second-order valence-electron chi connectivity index (χ2n) is 2.95. The summed E-state index contributed by atoms with van der Waals surface area (Å²) in [4.78, 5) is 7.66. The molecule has 0 aliphatic rings. The number of nitrogens with zero attached hydrogens (tertiary/aromatic N) is 3. The Morgan fingerprint density at radius 2 is 2.31 bits per heavy atom. The van der Waals surface area contributed by atoms with Crippen molar-refractivity contribution in [2.24, 2.45) is 0 Å². The number of hydrogen-bond donors (Lipinski definition) is 2. The van der Waals surface area contributed by atoms with Crippen molar-refractivity contribution < 1.29 is 8.42 Å². The summed E-state index contributed by atoms with van der Waals surface area (Å²) in [5.74, 6) is 0.451. The molecule has 0 aliphatic heterocycles. The van der Waals surface area contributed by atoms with Gasteiger partial charge in [-0.1, -0.05) is 0 Å². The van der Waals surface area contributed by atoms with Gasteiger partial charge < -0.3 is 0 Å². The number of H-pyrrole nitrogens is 1. The molecule has 2 aromatic rings. The molecular formula is C8H9N5O2S. The van der Waals surface area contributed by atoms with Crippen molar-refractivity contribution in [3.63, 3.8) is 0 Å². The van der Waals surface area contributed by atoms with Gasteiger partial charge in [-0.2, -0.15) is 5.10 Å². The molecule has 8 heteroatoms. The van der Waals surface area contributed by atoms with Gasteiger partial charge in [-0.05, 0) is 12.1 Å². The maximum Gasteiger partial charge on any atom is 0.242 e. The molecule has 0 bridgehead atoms. The van der Waals surface area contributed by atoms with Crippen molar-refractivity contribution in [1.82, 2.24) is 24.9 Å². The average molecular weight is 239 g/mol. The lowest BCUT2D eigenvalue weighted by atomic mass is 10.5. The summed E-state index contributed by atoms with van der Waals surface area (Å²) in [7, 11) is -3.54. The van der Waals surface area contributed by atoms with Crippen molar-refractivity contribution in [3.05, 3.63) is 36.7 Å². The van der Waals surface area contributed by atoms with Crippen LogP contribution in [0.1, 0.15) is 5.82 Å². The third-order valence-electron chi connectivity index (χ3n) is 1.84. The molecule has 2 N–H and O–H groups in total. The quantitative estimate of drug-likeness (QED) is 0.761. The number of aromatic amines is 1. The molecule has 0 saturated heterocycles. The zero-order valence-electron chi connectivity index (χ0n) is 8.16. The lowest BCUT2D eigenvalue weighted by molar-refractivity contribution is 0.579. The standard InChI is InChI=1S/C8H9N5O2S/c14-16(15,7-2-1-3-9-4-7)12-5-8-10-6-11-13-8/h1-4,6,12H,5H2,(H,10,11,13). The smallest absolute Gasteiger partial charge is 0.242 e. The summed E-state index contributed by atoms with van der Waals surface area (Å²) in [5, 5.41) is 6.17. The molecule has 7 nitrogen and oxygen atoms in total. The SMILES string of the molecule is O=S(=O)(NCc1ncn[nH]1)c1cccnc1. The number of nitrogens with one attached hydrogen (secondary N) is 2. The third-order valence-corrected chi connectivity index (χ3v) is 3.23. The van der Waals surface area contributed by atoms with Crippen LogP contribution in [0.5, 0.6) is 0 Å². The van der Waals surface area contributed by atoms with E-state index in [9.17, 15) is 8.42 Å². The van der Waals surface area contributed by atoms with Gasteiger partial charge in [0.1, 0.15) is 17.0 Å². The first-order chi connectivity index (χ1) is 7.68. The van der Waals surface area contributed by atoms with E-state index in [1.54, 1.807) is 6.07 Å². The summed E-state index contributed by atoms with van der Waals surface area (Å²) in [6, 6.07) is 3.03. The van der Waals surface area contributed by atoms with Crippen LogP contribution < -0.4 is 4.72 Å². The lowest BCUT2D eigenvalue weighted by Gasteiger charge is -2.03. The molecule has 0 aliphatic carbocycles. The van der Waals surface area contributed by atoms with E-state index in [1.165, 1.54) is 24.8 Å². The van der Waals surface area contributed by atoms with Crippen molar-refractivity contribution in [1.29, 1.82) is 0 Å². The van der Waals surface area contributed by atoms with Gasteiger partial charge in [-0.15, -0.1) is 0 Å². The van der Waals surface area contributed by atoms with Crippen molar-refractivity contribution in [3.8, 4) is 0 Å². The van der Waals surface area contributed by atoms with E-state index in [0.717, 1.165) is 0 Å². The Hall–Kier alpha value is -1.80. The van der Waals surface area contributed by atoms with Crippen LogP contribution in [-0.4, -0.2) is 28.6 Å².